The summed E-state index contributed by atoms with van der Waals surface area (Å²) in [6.45, 7) is 0. The van der Waals surface area contributed by atoms with E-state index >= 15 is 0 Å². The topological polar surface area (TPSA) is 86.7 Å². The molecule has 70 valence electrons. The van der Waals surface area contributed by atoms with Crippen molar-refractivity contribution in [2.75, 3.05) is 0 Å². The van der Waals surface area contributed by atoms with Crippen molar-refractivity contribution in [1.29, 1.82) is 0 Å². The summed E-state index contributed by atoms with van der Waals surface area (Å²) in [5, 5.41) is 3.94. The van der Waals surface area contributed by atoms with Crippen molar-refractivity contribution in [2.45, 2.75) is 0 Å². The second kappa shape index (κ2) is 3.25. The van der Waals surface area contributed by atoms with E-state index in [0.717, 1.165) is 0 Å². The first-order valence-electron chi connectivity index (χ1n) is 3.89. The molecule has 2 aromatic rings. The average molecular weight is 189 g/mol. The third kappa shape index (κ3) is 1.45. The molecule has 6 heteroatoms. The zero-order valence-corrected chi connectivity index (χ0v) is 7.16. The fourth-order valence-electron chi connectivity index (χ4n) is 0.954. The van der Waals surface area contributed by atoms with Crippen molar-refractivity contribution in [3.8, 4) is 5.95 Å². The van der Waals surface area contributed by atoms with Crippen LogP contribution >= 0.6 is 0 Å². The van der Waals surface area contributed by atoms with Crippen LogP contribution in [0.25, 0.3) is 5.95 Å². The molecule has 0 saturated heterocycles. The maximum atomic E-state index is 10.7. The molecule has 0 atom stereocenters. The third-order valence-corrected chi connectivity index (χ3v) is 1.63. The van der Waals surface area contributed by atoms with Crippen LogP contribution in [0.1, 0.15) is 10.4 Å². The van der Waals surface area contributed by atoms with E-state index < -0.39 is 5.91 Å². The molecule has 0 aliphatic rings. The largest absolute Gasteiger partial charge is 0.366 e. The van der Waals surface area contributed by atoms with Crippen molar-refractivity contribution in [2.24, 2.45) is 5.73 Å². The Labute approximate surface area is 79.4 Å². The van der Waals surface area contributed by atoms with Crippen molar-refractivity contribution in [3.05, 3.63) is 36.4 Å². The van der Waals surface area contributed by atoms with Gasteiger partial charge in [0.15, 0.2) is 0 Å². The highest BCUT2D eigenvalue weighted by Gasteiger charge is 2.03. The third-order valence-electron chi connectivity index (χ3n) is 1.63. The fourth-order valence-corrected chi connectivity index (χ4v) is 0.954. The maximum absolute atomic E-state index is 10.7. The molecular weight excluding hydrogens is 182 g/mol. The zero-order chi connectivity index (χ0) is 9.97. The van der Waals surface area contributed by atoms with Crippen LogP contribution < -0.4 is 5.73 Å². The highest BCUT2D eigenvalue weighted by molar-refractivity contribution is 5.92. The van der Waals surface area contributed by atoms with E-state index in [2.05, 4.69) is 15.1 Å². The molecular formula is C8H7N5O. The number of hydrogen-bond acceptors (Lipinski definition) is 4. The molecule has 14 heavy (non-hydrogen) atoms. The van der Waals surface area contributed by atoms with E-state index in [9.17, 15) is 4.79 Å². The van der Waals surface area contributed by atoms with Gasteiger partial charge in [0.05, 0.1) is 5.56 Å². The van der Waals surface area contributed by atoms with Crippen molar-refractivity contribution < 1.29 is 4.79 Å². The number of aromatic nitrogens is 4. The van der Waals surface area contributed by atoms with Crippen molar-refractivity contribution >= 4 is 5.91 Å². The summed E-state index contributed by atoms with van der Waals surface area (Å²) in [7, 11) is 0. The van der Waals surface area contributed by atoms with Crippen molar-refractivity contribution in [1.82, 2.24) is 19.7 Å². The molecule has 0 saturated carbocycles. The average Bonchev–Trinajstić information content (AvgIpc) is 2.71. The van der Waals surface area contributed by atoms with Gasteiger partial charge in [-0.05, 0) is 6.07 Å². The van der Waals surface area contributed by atoms with Crippen LogP contribution in [0.15, 0.2) is 30.9 Å². The second-order valence-electron chi connectivity index (χ2n) is 2.59. The van der Waals surface area contributed by atoms with E-state index in [0.29, 0.717) is 5.95 Å². The molecule has 0 bridgehead atoms. The monoisotopic (exact) mass is 189 g/mol. The van der Waals surface area contributed by atoms with Crippen LogP contribution in [0, 0.1) is 0 Å². The van der Waals surface area contributed by atoms with Gasteiger partial charge in [-0.15, -0.1) is 0 Å². The smallest absolute Gasteiger partial charge is 0.251 e. The van der Waals surface area contributed by atoms with Crippen LogP contribution in [-0.4, -0.2) is 25.7 Å². The lowest BCUT2D eigenvalue weighted by atomic mass is 10.3. The molecule has 0 radical (unpaired) electrons. The lowest BCUT2D eigenvalue weighted by Crippen LogP contribution is -2.12. The van der Waals surface area contributed by atoms with Gasteiger partial charge in [-0.1, -0.05) is 0 Å². The normalized spacial score (nSPS) is 10.0. The van der Waals surface area contributed by atoms with E-state index in [1.165, 1.54) is 17.1 Å². The van der Waals surface area contributed by atoms with Gasteiger partial charge in [0.2, 0.25) is 5.95 Å². The number of nitrogens with two attached hydrogens (primary N) is 1. The van der Waals surface area contributed by atoms with Gasteiger partial charge in [-0.25, -0.2) is 14.6 Å². The minimum atomic E-state index is -0.544. The van der Waals surface area contributed by atoms with Gasteiger partial charge >= 0.3 is 0 Å². The highest BCUT2D eigenvalue weighted by Crippen LogP contribution is 1.99. The van der Waals surface area contributed by atoms with Crippen molar-refractivity contribution in [3.63, 3.8) is 0 Å². The molecule has 2 rings (SSSR count). The summed E-state index contributed by atoms with van der Waals surface area (Å²) in [4.78, 5) is 18.6. The predicted molar refractivity (Wildman–Crippen MR) is 47.7 cm³/mol. The lowest BCUT2D eigenvalue weighted by Gasteiger charge is -1.98. The quantitative estimate of drug-likeness (QED) is 0.706. The Balaban J connectivity index is 2.36. The summed E-state index contributed by atoms with van der Waals surface area (Å²) in [6.07, 6.45) is 6.06. The summed E-state index contributed by atoms with van der Waals surface area (Å²) >= 11 is 0. The molecule has 2 heterocycles. The van der Waals surface area contributed by atoms with Gasteiger partial charge < -0.3 is 5.73 Å². The number of amides is 1. The first-order valence-corrected chi connectivity index (χ1v) is 3.89. The molecule has 0 fully saturated rings. The molecule has 1 amide bonds. The van der Waals surface area contributed by atoms with Crippen LogP contribution in [0.2, 0.25) is 0 Å². The van der Waals surface area contributed by atoms with Gasteiger partial charge in [0, 0.05) is 24.8 Å². The molecule has 0 aliphatic carbocycles. The van der Waals surface area contributed by atoms with Crippen LogP contribution in [0.4, 0.5) is 0 Å². The van der Waals surface area contributed by atoms with Crippen LogP contribution in [-0.2, 0) is 0 Å². The first-order chi connectivity index (χ1) is 6.77. The number of carbonyl (C=O) groups excluding carboxylic acids is 1. The number of carbonyl (C=O) groups is 1. The summed E-state index contributed by atoms with van der Waals surface area (Å²) in [6, 6.07) is 1.76. The maximum Gasteiger partial charge on any atom is 0.251 e. The van der Waals surface area contributed by atoms with Gasteiger partial charge in [0.1, 0.15) is 0 Å². The number of rotatable bonds is 2. The Morgan fingerprint density at radius 3 is 2.57 bits per heavy atom. The minimum absolute atomic E-state index is 0.279. The zero-order valence-electron chi connectivity index (χ0n) is 7.16. The predicted octanol–water partition coefficient (Wildman–Crippen LogP) is -0.239. The SMILES string of the molecule is NC(=O)c1cnc(-n2cccn2)nc1. The molecule has 6 nitrogen and oxygen atoms in total. The molecule has 2 N–H and O–H groups in total. The van der Waals surface area contributed by atoms with Gasteiger partial charge in [-0.3, -0.25) is 4.79 Å². The molecule has 0 aliphatic heterocycles. The lowest BCUT2D eigenvalue weighted by molar-refractivity contribution is 0.0999. The summed E-state index contributed by atoms with van der Waals surface area (Å²) in [5.41, 5.74) is 5.32. The number of nitrogens with zero attached hydrogens (tertiary/aromatic N) is 4. The Kier molecular flexibility index (Phi) is 1.94. The van der Waals surface area contributed by atoms with Gasteiger partial charge in [0.25, 0.3) is 5.91 Å². The summed E-state index contributed by atoms with van der Waals surface area (Å²) in [5.74, 6) is -0.142. The number of primary amides is 1. The van der Waals surface area contributed by atoms with E-state index in [4.69, 9.17) is 5.73 Å². The standard InChI is InChI=1S/C8H7N5O/c9-7(14)6-4-10-8(11-5-6)13-3-1-2-12-13/h1-5H,(H2,9,14). The summed E-state index contributed by atoms with van der Waals surface area (Å²) < 4.78 is 1.49. The molecule has 0 spiro atoms. The highest BCUT2D eigenvalue weighted by atomic mass is 16.1. The minimum Gasteiger partial charge on any atom is -0.366 e. The van der Waals surface area contributed by atoms with Crippen LogP contribution in [0.3, 0.4) is 0 Å². The fraction of sp³-hybridized carbons (Fsp3) is 0. The second-order valence-corrected chi connectivity index (χ2v) is 2.59. The van der Waals surface area contributed by atoms with E-state index in [1.54, 1.807) is 18.5 Å². The van der Waals surface area contributed by atoms with Gasteiger partial charge in [-0.2, -0.15) is 5.10 Å². The van der Waals surface area contributed by atoms with Crippen LogP contribution in [0.5, 0.6) is 0 Å². The Hall–Kier alpha value is -2.24. The molecule has 2 aromatic heterocycles. The van der Waals surface area contributed by atoms with E-state index in [1.807, 2.05) is 0 Å². The number of hydrogen-bond donors (Lipinski definition) is 1. The first kappa shape index (κ1) is 8.36. The Morgan fingerprint density at radius 2 is 2.07 bits per heavy atom. The Morgan fingerprint density at radius 1 is 1.36 bits per heavy atom. The van der Waals surface area contributed by atoms with E-state index in [-0.39, 0.29) is 5.56 Å². The molecule has 0 unspecified atom stereocenters. The molecule has 0 aromatic carbocycles. The Bertz CT molecular complexity index is 433.